The third-order valence-corrected chi connectivity index (χ3v) is 4.53. The number of nitrogens with zero attached hydrogens (tertiary/aromatic N) is 3. The summed E-state index contributed by atoms with van der Waals surface area (Å²) in [7, 11) is 0. The highest BCUT2D eigenvalue weighted by Crippen LogP contribution is 2.25. The van der Waals surface area contributed by atoms with E-state index in [-0.39, 0.29) is 5.57 Å². The number of hydrogen-bond donors (Lipinski definition) is 0. The van der Waals surface area contributed by atoms with Gasteiger partial charge in [0.1, 0.15) is 17.7 Å². The molecule has 122 valence electrons. The topological polar surface area (TPSA) is 52.5 Å². The van der Waals surface area contributed by atoms with Gasteiger partial charge in [-0.15, -0.1) is 0 Å². The minimum Gasteiger partial charge on any atom is -0.342 e. The highest BCUT2D eigenvalue weighted by Gasteiger charge is 2.08. The lowest BCUT2D eigenvalue weighted by atomic mass is 10.1. The summed E-state index contributed by atoms with van der Waals surface area (Å²) in [6.07, 6.45) is 3.66. The van der Waals surface area contributed by atoms with Gasteiger partial charge in [-0.25, -0.2) is 0 Å². The molecule has 3 heteroatoms. The average Bonchev–Trinajstić information content (AvgIpc) is 3.03. The molecule has 0 bridgehead atoms. The smallest absolute Gasteiger partial charge is 0.130 e. The van der Waals surface area contributed by atoms with E-state index < -0.39 is 0 Å². The van der Waals surface area contributed by atoms with E-state index in [9.17, 15) is 0 Å². The molecule has 1 heterocycles. The van der Waals surface area contributed by atoms with Gasteiger partial charge in [-0.1, -0.05) is 54.6 Å². The lowest BCUT2D eigenvalue weighted by molar-refractivity contribution is 0.837. The van der Waals surface area contributed by atoms with E-state index in [4.69, 9.17) is 10.5 Å². The van der Waals surface area contributed by atoms with Gasteiger partial charge in [0.2, 0.25) is 0 Å². The Hall–Kier alpha value is -3.82. The van der Waals surface area contributed by atoms with Crippen LogP contribution in [0.15, 0.2) is 78.5 Å². The van der Waals surface area contributed by atoms with Crippen molar-refractivity contribution in [3.8, 4) is 12.1 Å². The molecule has 0 N–H and O–H groups in total. The van der Waals surface area contributed by atoms with Crippen molar-refractivity contribution >= 4 is 27.8 Å². The molecular weight excluding hydrogens is 318 g/mol. The molecule has 0 spiro atoms. The summed E-state index contributed by atoms with van der Waals surface area (Å²) in [5, 5.41) is 21.6. The second-order valence-electron chi connectivity index (χ2n) is 6.19. The summed E-state index contributed by atoms with van der Waals surface area (Å²) in [4.78, 5) is 0. The Bertz CT molecular complexity index is 1210. The Balaban J connectivity index is 1.80. The standard InChI is InChI=1S/C23H15N3/c24-13-18(14-25)12-21-16-26(23-8-4-3-7-22(21)23)15-17-9-10-19-5-1-2-6-20(19)11-17/h1-12,16H,15H2. The first-order valence-corrected chi connectivity index (χ1v) is 8.36. The van der Waals surface area contributed by atoms with E-state index in [1.165, 1.54) is 16.3 Å². The molecule has 0 saturated heterocycles. The van der Waals surface area contributed by atoms with Crippen LogP contribution in [-0.4, -0.2) is 4.57 Å². The number of fused-ring (bicyclic) bond motifs is 2. The molecule has 4 rings (SSSR count). The van der Waals surface area contributed by atoms with E-state index in [1.807, 2.05) is 48.7 Å². The molecule has 0 fully saturated rings. The summed E-state index contributed by atoms with van der Waals surface area (Å²) >= 11 is 0. The quantitative estimate of drug-likeness (QED) is 0.479. The first kappa shape index (κ1) is 15.7. The van der Waals surface area contributed by atoms with Crippen LogP contribution in [0.4, 0.5) is 0 Å². The number of nitriles is 2. The summed E-state index contributed by atoms with van der Waals surface area (Å²) in [5.41, 5.74) is 3.29. The van der Waals surface area contributed by atoms with Crippen LogP contribution < -0.4 is 0 Å². The van der Waals surface area contributed by atoms with Gasteiger partial charge in [0, 0.05) is 29.2 Å². The minimum absolute atomic E-state index is 0.110. The summed E-state index contributed by atoms with van der Waals surface area (Å²) < 4.78 is 2.16. The predicted octanol–water partition coefficient (Wildman–Crippen LogP) is 5.27. The van der Waals surface area contributed by atoms with Crippen molar-refractivity contribution in [3.63, 3.8) is 0 Å². The van der Waals surface area contributed by atoms with E-state index in [0.29, 0.717) is 0 Å². The molecule has 1 aromatic heterocycles. The van der Waals surface area contributed by atoms with Crippen LogP contribution in [-0.2, 0) is 6.54 Å². The summed E-state index contributed by atoms with van der Waals surface area (Å²) in [5.74, 6) is 0. The molecule has 0 atom stereocenters. The summed E-state index contributed by atoms with van der Waals surface area (Å²) in [6.45, 7) is 0.730. The Morgan fingerprint density at radius 1 is 0.885 bits per heavy atom. The van der Waals surface area contributed by atoms with Crippen LogP contribution in [0.5, 0.6) is 0 Å². The lowest BCUT2D eigenvalue weighted by Crippen LogP contribution is -1.97. The van der Waals surface area contributed by atoms with Crippen molar-refractivity contribution < 1.29 is 0 Å². The van der Waals surface area contributed by atoms with Crippen LogP contribution >= 0.6 is 0 Å². The molecule has 0 amide bonds. The normalized spacial score (nSPS) is 10.4. The Labute approximate surface area is 151 Å². The van der Waals surface area contributed by atoms with Crippen LogP contribution in [0.2, 0.25) is 0 Å². The van der Waals surface area contributed by atoms with Gasteiger partial charge in [-0.3, -0.25) is 0 Å². The number of allylic oxidation sites excluding steroid dienone is 1. The zero-order chi connectivity index (χ0) is 17.9. The average molecular weight is 333 g/mol. The molecule has 0 saturated carbocycles. The van der Waals surface area contributed by atoms with Gasteiger partial charge in [0.25, 0.3) is 0 Å². The highest BCUT2D eigenvalue weighted by atomic mass is 15.0. The van der Waals surface area contributed by atoms with Crippen molar-refractivity contribution in [2.24, 2.45) is 0 Å². The van der Waals surface area contributed by atoms with Crippen molar-refractivity contribution in [2.45, 2.75) is 6.54 Å². The monoisotopic (exact) mass is 333 g/mol. The third-order valence-electron chi connectivity index (χ3n) is 4.53. The molecule has 4 aromatic rings. The van der Waals surface area contributed by atoms with E-state index >= 15 is 0 Å². The largest absolute Gasteiger partial charge is 0.342 e. The van der Waals surface area contributed by atoms with Gasteiger partial charge < -0.3 is 4.57 Å². The second kappa shape index (κ2) is 6.59. The predicted molar refractivity (Wildman–Crippen MR) is 104 cm³/mol. The first-order valence-electron chi connectivity index (χ1n) is 8.36. The van der Waals surface area contributed by atoms with Gasteiger partial charge in [0.05, 0.1) is 0 Å². The van der Waals surface area contributed by atoms with Crippen LogP contribution in [0.3, 0.4) is 0 Å². The van der Waals surface area contributed by atoms with Crippen LogP contribution in [0.1, 0.15) is 11.1 Å². The zero-order valence-corrected chi connectivity index (χ0v) is 14.1. The van der Waals surface area contributed by atoms with Gasteiger partial charge >= 0.3 is 0 Å². The molecule has 26 heavy (non-hydrogen) atoms. The van der Waals surface area contributed by atoms with E-state index in [1.54, 1.807) is 6.08 Å². The minimum atomic E-state index is 0.110. The number of aromatic nitrogens is 1. The van der Waals surface area contributed by atoms with Crippen molar-refractivity contribution in [1.29, 1.82) is 10.5 Å². The van der Waals surface area contributed by atoms with E-state index in [2.05, 4.69) is 41.0 Å². The zero-order valence-electron chi connectivity index (χ0n) is 14.1. The second-order valence-corrected chi connectivity index (χ2v) is 6.19. The molecule has 3 aromatic carbocycles. The molecule has 0 aliphatic rings. The molecule has 0 unspecified atom stereocenters. The van der Waals surface area contributed by atoms with Gasteiger partial charge in [0.15, 0.2) is 0 Å². The number of hydrogen-bond acceptors (Lipinski definition) is 2. The Morgan fingerprint density at radius 2 is 1.62 bits per heavy atom. The molecule has 0 aliphatic heterocycles. The Morgan fingerprint density at radius 3 is 2.42 bits per heavy atom. The van der Waals surface area contributed by atoms with Gasteiger partial charge in [-0.2, -0.15) is 10.5 Å². The SMILES string of the molecule is N#CC(C#N)=Cc1cn(Cc2ccc3ccccc3c2)c2ccccc12. The van der Waals surface area contributed by atoms with E-state index in [0.717, 1.165) is 23.0 Å². The van der Waals surface area contributed by atoms with Crippen LogP contribution in [0.25, 0.3) is 27.8 Å². The Kier molecular flexibility index (Phi) is 3.98. The van der Waals surface area contributed by atoms with Crippen molar-refractivity contribution in [3.05, 3.63) is 89.6 Å². The summed E-state index contributed by atoms with van der Waals surface area (Å²) in [6, 6.07) is 26.7. The fourth-order valence-electron chi connectivity index (χ4n) is 3.30. The van der Waals surface area contributed by atoms with Crippen LogP contribution in [0, 0.1) is 22.7 Å². The first-order chi connectivity index (χ1) is 12.8. The fraction of sp³-hybridized carbons (Fsp3) is 0.0435. The molecular formula is C23H15N3. The maximum absolute atomic E-state index is 9.05. The molecule has 0 aliphatic carbocycles. The third kappa shape index (κ3) is 2.83. The van der Waals surface area contributed by atoms with Gasteiger partial charge in [-0.05, 0) is 34.5 Å². The maximum Gasteiger partial charge on any atom is 0.130 e. The lowest BCUT2D eigenvalue weighted by Gasteiger charge is -2.07. The highest BCUT2D eigenvalue weighted by molar-refractivity contribution is 5.91. The number of rotatable bonds is 3. The molecule has 0 radical (unpaired) electrons. The maximum atomic E-state index is 9.05. The fourth-order valence-corrected chi connectivity index (χ4v) is 3.30. The number of benzene rings is 3. The molecule has 3 nitrogen and oxygen atoms in total. The van der Waals surface area contributed by atoms with Crippen molar-refractivity contribution in [1.82, 2.24) is 4.57 Å². The number of para-hydroxylation sites is 1. The van der Waals surface area contributed by atoms with Crippen molar-refractivity contribution in [2.75, 3.05) is 0 Å².